The fraction of sp³-hybridized carbons (Fsp3) is 0.154. The molecule has 0 radical (unpaired) electrons. The van der Waals surface area contributed by atoms with Crippen LogP contribution in [0.2, 0.25) is 0 Å². The predicted molar refractivity (Wildman–Crippen MR) is 131 cm³/mol. The van der Waals surface area contributed by atoms with Crippen LogP contribution in [0.3, 0.4) is 0 Å². The molecule has 3 aromatic carbocycles. The minimum Gasteiger partial charge on any atom is -0.545 e. The number of ether oxygens (including phenoxy) is 1. The number of aromatic nitrogens is 2. The molecule has 1 aromatic heterocycles. The van der Waals surface area contributed by atoms with Gasteiger partial charge in [0, 0.05) is 42.9 Å². The smallest absolute Gasteiger partial charge is 0.545 e. The van der Waals surface area contributed by atoms with Crippen LogP contribution < -0.4 is 44.3 Å². The van der Waals surface area contributed by atoms with Gasteiger partial charge in [0.2, 0.25) is 0 Å². The summed E-state index contributed by atoms with van der Waals surface area (Å²) in [5, 5.41) is 12.4. The Morgan fingerprint density at radius 1 is 0.943 bits per heavy atom. The van der Waals surface area contributed by atoms with Crippen LogP contribution in [0.25, 0.3) is 16.6 Å². The molecule has 35 heavy (non-hydrogen) atoms. The van der Waals surface area contributed by atoms with E-state index in [1.54, 1.807) is 42.5 Å². The molecule has 0 amide bonds. The van der Waals surface area contributed by atoms with Gasteiger partial charge in [0.15, 0.2) is 5.78 Å². The van der Waals surface area contributed by atoms with Crippen molar-refractivity contribution in [3.8, 4) is 5.75 Å². The third-order valence-corrected chi connectivity index (χ3v) is 6.04. The van der Waals surface area contributed by atoms with E-state index in [9.17, 15) is 14.7 Å². The van der Waals surface area contributed by atoms with Crippen molar-refractivity contribution in [1.29, 1.82) is 0 Å². The molecule has 9 heteroatoms. The van der Waals surface area contributed by atoms with Crippen LogP contribution in [-0.4, -0.2) is 41.7 Å². The molecule has 1 heterocycles. The molecular weight excluding hydrogens is 473 g/mol. The largest absolute Gasteiger partial charge is 1.00 e. The Labute approximate surface area is 229 Å². The zero-order valence-electron chi connectivity index (χ0n) is 19.9. The maximum atomic E-state index is 13.7. The monoisotopic (exact) mass is 495 g/mol. The van der Waals surface area contributed by atoms with Gasteiger partial charge in [0.05, 0.1) is 24.8 Å². The van der Waals surface area contributed by atoms with E-state index in [0.717, 1.165) is 23.0 Å². The fourth-order valence-corrected chi connectivity index (χ4v) is 4.22. The molecule has 0 bridgehead atoms. The van der Waals surface area contributed by atoms with Crippen molar-refractivity contribution in [3.63, 3.8) is 0 Å². The summed E-state index contributed by atoms with van der Waals surface area (Å²) in [7, 11) is 5.38. The van der Waals surface area contributed by atoms with Crippen LogP contribution in [0.4, 0.5) is 5.69 Å². The van der Waals surface area contributed by atoms with Gasteiger partial charge in [-0.2, -0.15) is 8.75 Å². The number of allylic oxidation sites excluding steroid dienone is 1. The van der Waals surface area contributed by atoms with Gasteiger partial charge in [-0.15, -0.1) is 0 Å². The van der Waals surface area contributed by atoms with E-state index in [4.69, 9.17) is 4.74 Å². The van der Waals surface area contributed by atoms with Crippen LogP contribution in [0.1, 0.15) is 21.5 Å². The number of ketones is 1. The number of carboxylic acid groups (broad SMARTS) is 1. The van der Waals surface area contributed by atoms with Gasteiger partial charge in [-0.05, 0) is 59.7 Å². The number of rotatable bonds is 8. The summed E-state index contributed by atoms with van der Waals surface area (Å²) < 4.78 is 13.6. The Balaban J connectivity index is 0.00000342. The molecule has 0 aliphatic carbocycles. The Morgan fingerprint density at radius 3 is 2.29 bits per heavy atom. The molecule has 0 N–H and O–H groups in total. The number of carboxylic acids is 1. The Hall–Kier alpha value is -3.04. The molecule has 0 fully saturated rings. The second-order valence-corrected chi connectivity index (χ2v) is 8.44. The number of hydrogen-bond acceptors (Lipinski definition) is 8. The van der Waals surface area contributed by atoms with E-state index in [1.807, 2.05) is 43.3 Å². The number of Topliss-reactive ketones (excluding diaryl/α,β-unsaturated/α-hetero) is 1. The molecule has 0 saturated carbocycles. The first-order chi connectivity index (χ1) is 16.4. The molecule has 4 aromatic rings. The number of aliphatic carboxylic acids is 1. The van der Waals surface area contributed by atoms with E-state index in [2.05, 4.69) is 8.75 Å². The van der Waals surface area contributed by atoms with E-state index in [1.165, 1.54) is 7.11 Å². The Morgan fingerprint density at radius 2 is 1.63 bits per heavy atom. The van der Waals surface area contributed by atoms with Crippen molar-refractivity contribution in [2.45, 2.75) is 6.42 Å². The summed E-state index contributed by atoms with van der Waals surface area (Å²) in [6.45, 7) is 0. The first-order valence-corrected chi connectivity index (χ1v) is 11.2. The quantitative estimate of drug-likeness (QED) is 0.198. The molecule has 0 saturated heterocycles. The normalized spacial score (nSPS) is 11.4. The average molecular weight is 496 g/mol. The van der Waals surface area contributed by atoms with E-state index < -0.39 is 11.8 Å². The maximum absolute atomic E-state index is 13.7. The van der Waals surface area contributed by atoms with Gasteiger partial charge in [-0.3, -0.25) is 4.79 Å². The van der Waals surface area contributed by atoms with Crippen molar-refractivity contribution in [3.05, 3.63) is 89.0 Å². The van der Waals surface area contributed by atoms with Crippen molar-refractivity contribution in [1.82, 2.24) is 8.75 Å². The van der Waals surface area contributed by atoms with Gasteiger partial charge in [-0.25, -0.2) is 0 Å². The molecular formula is C26H22N3NaO4S. The van der Waals surface area contributed by atoms with Crippen LogP contribution in [0, 0.1) is 0 Å². The van der Waals surface area contributed by atoms with Crippen molar-refractivity contribution in [2.75, 3.05) is 26.1 Å². The number of methoxy groups -OCH3 is 1. The third-order valence-electron chi connectivity index (χ3n) is 5.48. The Bertz CT molecular complexity index is 1400. The van der Waals surface area contributed by atoms with Gasteiger partial charge in [0.25, 0.3) is 0 Å². The molecule has 0 atom stereocenters. The van der Waals surface area contributed by atoms with E-state index >= 15 is 0 Å². The van der Waals surface area contributed by atoms with Crippen molar-refractivity contribution < 1.29 is 49.0 Å². The van der Waals surface area contributed by atoms with Gasteiger partial charge in [0.1, 0.15) is 16.8 Å². The Kier molecular flexibility index (Phi) is 8.80. The molecule has 0 aliphatic heterocycles. The number of fused-ring (bicyclic) bond motifs is 1. The van der Waals surface area contributed by atoms with E-state index in [-0.39, 0.29) is 47.1 Å². The van der Waals surface area contributed by atoms with Gasteiger partial charge >= 0.3 is 29.6 Å². The molecule has 4 rings (SSSR count). The minimum absolute atomic E-state index is 0. The van der Waals surface area contributed by atoms with Crippen LogP contribution >= 0.6 is 11.7 Å². The average Bonchev–Trinajstić information content (AvgIpc) is 3.31. The van der Waals surface area contributed by atoms with Gasteiger partial charge < -0.3 is 19.5 Å². The zero-order chi connectivity index (χ0) is 24.2. The second kappa shape index (κ2) is 11.6. The number of carbonyl (C=O) groups excluding carboxylic acids is 2. The maximum Gasteiger partial charge on any atom is 1.00 e. The molecule has 7 nitrogen and oxygen atoms in total. The molecule has 0 aliphatic rings. The van der Waals surface area contributed by atoms with Crippen LogP contribution in [0.5, 0.6) is 5.75 Å². The van der Waals surface area contributed by atoms with E-state index in [0.29, 0.717) is 27.9 Å². The van der Waals surface area contributed by atoms with Crippen LogP contribution in [-0.2, 0) is 11.2 Å². The first kappa shape index (κ1) is 26.6. The third kappa shape index (κ3) is 5.97. The summed E-state index contributed by atoms with van der Waals surface area (Å²) >= 11 is 1.04. The molecule has 0 unspecified atom stereocenters. The summed E-state index contributed by atoms with van der Waals surface area (Å²) in [5.41, 5.74) is 3.64. The van der Waals surface area contributed by atoms with Crippen molar-refractivity contribution >= 4 is 45.8 Å². The second-order valence-electron chi connectivity index (χ2n) is 7.91. The fourth-order valence-electron chi connectivity index (χ4n) is 3.70. The number of nitrogens with zero attached hydrogens (tertiary/aromatic N) is 3. The predicted octanol–water partition coefficient (Wildman–Crippen LogP) is 0.399. The number of benzene rings is 3. The SMILES string of the molecule is COc1ccc(C(=O)/C(Cc2cccc(N(C)C)c2)=C(/C(=O)[O-])c2ccc3nsnc3c2)cc1.[Na+]. The summed E-state index contributed by atoms with van der Waals surface area (Å²) in [6, 6.07) is 19.2. The number of carbonyl (C=O) groups is 2. The van der Waals surface area contributed by atoms with Crippen molar-refractivity contribution in [2.24, 2.45) is 0 Å². The first-order valence-electron chi connectivity index (χ1n) is 10.5. The summed E-state index contributed by atoms with van der Waals surface area (Å²) in [4.78, 5) is 28.1. The zero-order valence-corrected chi connectivity index (χ0v) is 22.8. The topological polar surface area (TPSA) is 95.5 Å². The molecule has 0 spiro atoms. The van der Waals surface area contributed by atoms with Crippen LogP contribution in [0.15, 0.2) is 72.3 Å². The summed E-state index contributed by atoms with van der Waals surface area (Å²) in [5.74, 6) is -1.22. The minimum atomic E-state index is -1.43. The summed E-state index contributed by atoms with van der Waals surface area (Å²) in [6.07, 6.45) is 0.114. The number of anilines is 1. The molecule has 172 valence electrons. The number of hydrogen-bond donors (Lipinski definition) is 0. The standard InChI is InChI=1S/C26H23N3O4S.Na/c1-29(2)19-6-4-5-16(13-19)14-21(25(30)17-7-10-20(33-3)11-8-17)24(26(31)32)18-9-12-22-23(15-18)28-34-27-22;/h4-13,15H,14H2,1-3H3,(H,31,32);/q;+1/p-1/b24-21+;. The van der Waals surface area contributed by atoms with Gasteiger partial charge in [-0.1, -0.05) is 18.2 Å².